The maximum atomic E-state index is 12.0. The summed E-state index contributed by atoms with van der Waals surface area (Å²) in [5, 5.41) is 2.74. The van der Waals surface area contributed by atoms with E-state index in [1.54, 1.807) is 12.1 Å². The van der Waals surface area contributed by atoms with E-state index in [-0.39, 0.29) is 5.91 Å². The first-order valence-corrected chi connectivity index (χ1v) is 8.82. The number of carbonyl (C=O) groups excluding carboxylic acids is 1. The Morgan fingerprint density at radius 3 is 2.40 bits per heavy atom. The molecular weight excluding hydrogens is 318 g/mol. The Hall–Kier alpha value is -2.56. The Morgan fingerprint density at radius 1 is 1.00 bits per heavy atom. The molecule has 5 heteroatoms. The van der Waals surface area contributed by atoms with Crippen LogP contribution in [0.4, 0.5) is 5.69 Å². The van der Waals surface area contributed by atoms with Crippen LogP contribution in [0.15, 0.2) is 51.9 Å². The molecule has 1 aromatic carbocycles. The molecule has 25 heavy (non-hydrogen) atoms. The fourth-order valence-electron chi connectivity index (χ4n) is 2.40. The minimum atomic E-state index is -0.483. The molecule has 5 nitrogen and oxygen atoms in total. The molecule has 2 aromatic rings. The van der Waals surface area contributed by atoms with Crippen molar-refractivity contribution in [3.63, 3.8) is 0 Å². The van der Waals surface area contributed by atoms with E-state index in [1.807, 2.05) is 12.1 Å². The molecular formula is C20H25NO4. The van der Waals surface area contributed by atoms with E-state index in [1.165, 1.54) is 44.2 Å². The molecule has 1 aromatic heterocycles. The zero-order valence-corrected chi connectivity index (χ0v) is 14.6. The van der Waals surface area contributed by atoms with Crippen LogP contribution in [0.5, 0.6) is 5.75 Å². The van der Waals surface area contributed by atoms with Gasteiger partial charge in [-0.3, -0.25) is 4.79 Å². The molecule has 0 saturated carbocycles. The summed E-state index contributed by atoms with van der Waals surface area (Å²) in [6.07, 6.45) is 8.54. The fraction of sp³-hybridized carbons (Fsp3) is 0.400. The van der Waals surface area contributed by atoms with Crippen LogP contribution in [0.2, 0.25) is 0 Å². The molecule has 0 spiro atoms. The standard InChI is InChI=1S/C20H25NO4/c1-2-3-4-5-6-7-14-24-18-11-9-17(10-12-18)21-20(23)16-8-13-19(22)25-15-16/h8-13,15H,2-7,14H2,1H3,(H,21,23). The normalized spacial score (nSPS) is 10.4. The van der Waals surface area contributed by atoms with E-state index >= 15 is 0 Å². The third-order valence-corrected chi connectivity index (χ3v) is 3.84. The average molecular weight is 343 g/mol. The number of hydrogen-bond donors (Lipinski definition) is 1. The number of ether oxygens (including phenoxy) is 1. The zero-order valence-electron chi connectivity index (χ0n) is 14.6. The predicted octanol–water partition coefficient (Wildman–Crippen LogP) is 4.63. The Bertz CT molecular complexity index is 686. The van der Waals surface area contributed by atoms with Crippen molar-refractivity contribution in [2.24, 2.45) is 0 Å². The van der Waals surface area contributed by atoms with E-state index < -0.39 is 5.63 Å². The summed E-state index contributed by atoms with van der Waals surface area (Å²) in [4.78, 5) is 22.9. The fourth-order valence-corrected chi connectivity index (χ4v) is 2.40. The molecule has 0 aliphatic rings. The van der Waals surface area contributed by atoms with Gasteiger partial charge < -0.3 is 14.5 Å². The largest absolute Gasteiger partial charge is 0.494 e. The summed E-state index contributed by atoms with van der Waals surface area (Å²) in [6.45, 7) is 2.92. The van der Waals surface area contributed by atoms with Crippen molar-refractivity contribution < 1.29 is 13.9 Å². The van der Waals surface area contributed by atoms with Gasteiger partial charge in [-0.25, -0.2) is 4.79 Å². The van der Waals surface area contributed by atoms with Crippen LogP contribution in [-0.4, -0.2) is 12.5 Å². The molecule has 1 N–H and O–H groups in total. The van der Waals surface area contributed by atoms with E-state index in [0.717, 1.165) is 18.4 Å². The molecule has 0 bridgehead atoms. The number of carbonyl (C=O) groups is 1. The highest BCUT2D eigenvalue weighted by Crippen LogP contribution is 2.17. The van der Waals surface area contributed by atoms with Gasteiger partial charge in [-0.1, -0.05) is 39.0 Å². The monoisotopic (exact) mass is 343 g/mol. The second kappa shape index (κ2) is 10.3. The summed E-state index contributed by atoms with van der Waals surface area (Å²) >= 11 is 0. The van der Waals surface area contributed by atoms with Gasteiger partial charge in [0.05, 0.1) is 12.2 Å². The molecule has 0 saturated heterocycles. The second-order valence-electron chi connectivity index (χ2n) is 5.94. The van der Waals surface area contributed by atoms with Crippen molar-refractivity contribution in [2.45, 2.75) is 45.4 Å². The van der Waals surface area contributed by atoms with Crippen LogP contribution < -0.4 is 15.7 Å². The lowest BCUT2D eigenvalue weighted by Crippen LogP contribution is -2.12. The van der Waals surface area contributed by atoms with Gasteiger partial charge in [0.15, 0.2) is 0 Å². The lowest BCUT2D eigenvalue weighted by molar-refractivity contribution is 0.102. The Labute approximate surface area is 148 Å². The summed E-state index contributed by atoms with van der Waals surface area (Å²) in [6, 6.07) is 9.88. The second-order valence-corrected chi connectivity index (χ2v) is 5.94. The maximum Gasteiger partial charge on any atom is 0.335 e. The van der Waals surface area contributed by atoms with Crippen molar-refractivity contribution >= 4 is 11.6 Å². The van der Waals surface area contributed by atoms with Crippen molar-refractivity contribution in [2.75, 3.05) is 11.9 Å². The molecule has 0 atom stereocenters. The van der Waals surface area contributed by atoms with Gasteiger partial charge in [0.25, 0.3) is 5.91 Å². The van der Waals surface area contributed by atoms with Gasteiger partial charge in [-0.15, -0.1) is 0 Å². The Morgan fingerprint density at radius 2 is 1.72 bits per heavy atom. The van der Waals surface area contributed by atoms with Crippen LogP contribution in [0.1, 0.15) is 55.8 Å². The predicted molar refractivity (Wildman–Crippen MR) is 98.2 cm³/mol. The van der Waals surface area contributed by atoms with Gasteiger partial charge in [0, 0.05) is 11.8 Å². The van der Waals surface area contributed by atoms with E-state index in [0.29, 0.717) is 17.9 Å². The molecule has 0 radical (unpaired) electrons. The molecule has 0 fully saturated rings. The van der Waals surface area contributed by atoms with Crippen LogP contribution in [0.3, 0.4) is 0 Å². The quantitative estimate of drug-likeness (QED) is 0.639. The molecule has 0 aliphatic heterocycles. The van der Waals surface area contributed by atoms with E-state index in [9.17, 15) is 9.59 Å². The maximum absolute atomic E-state index is 12.0. The zero-order chi connectivity index (χ0) is 17.9. The smallest absolute Gasteiger partial charge is 0.335 e. The van der Waals surface area contributed by atoms with Crippen LogP contribution >= 0.6 is 0 Å². The summed E-state index contributed by atoms with van der Waals surface area (Å²) in [7, 11) is 0. The number of amides is 1. The lowest BCUT2D eigenvalue weighted by Gasteiger charge is -2.08. The summed E-state index contributed by atoms with van der Waals surface area (Å²) in [5.41, 5.74) is 0.467. The molecule has 1 heterocycles. The molecule has 0 unspecified atom stereocenters. The van der Waals surface area contributed by atoms with Gasteiger partial charge in [-0.05, 0) is 36.8 Å². The van der Waals surface area contributed by atoms with Crippen LogP contribution in [0.25, 0.3) is 0 Å². The SMILES string of the molecule is CCCCCCCCOc1ccc(NC(=O)c2ccc(=O)oc2)cc1. The van der Waals surface area contributed by atoms with Gasteiger partial charge >= 0.3 is 5.63 Å². The van der Waals surface area contributed by atoms with Gasteiger partial charge in [0.1, 0.15) is 12.0 Å². The molecule has 2 rings (SSSR count). The summed E-state index contributed by atoms with van der Waals surface area (Å²) < 4.78 is 10.4. The number of hydrogen-bond acceptors (Lipinski definition) is 4. The highest BCUT2D eigenvalue weighted by Gasteiger charge is 2.07. The topological polar surface area (TPSA) is 68.5 Å². The number of rotatable bonds is 10. The minimum Gasteiger partial charge on any atom is -0.494 e. The average Bonchev–Trinajstić information content (AvgIpc) is 2.63. The number of unbranched alkanes of at least 4 members (excludes halogenated alkanes) is 5. The Kier molecular flexibility index (Phi) is 7.76. The highest BCUT2D eigenvalue weighted by atomic mass is 16.5. The van der Waals surface area contributed by atoms with Gasteiger partial charge in [-0.2, -0.15) is 0 Å². The molecule has 0 aliphatic carbocycles. The third kappa shape index (κ3) is 6.83. The van der Waals surface area contributed by atoms with Crippen LogP contribution in [0, 0.1) is 0 Å². The summed E-state index contributed by atoms with van der Waals surface area (Å²) in [5.74, 6) is 0.460. The Balaban J connectivity index is 1.73. The van der Waals surface area contributed by atoms with Crippen molar-refractivity contribution in [1.29, 1.82) is 0 Å². The number of nitrogens with one attached hydrogen (secondary N) is 1. The first kappa shape index (κ1) is 18.8. The first-order chi connectivity index (χ1) is 12.2. The highest BCUT2D eigenvalue weighted by molar-refractivity contribution is 6.03. The minimum absolute atomic E-state index is 0.294. The lowest BCUT2D eigenvalue weighted by atomic mass is 10.1. The first-order valence-electron chi connectivity index (χ1n) is 8.82. The number of benzene rings is 1. The van der Waals surface area contributed by atoms with Crippen molar-refractivity contribution in [3.05, 3.63) is 58.6 Å². The van der Waals surface area contributed by atoms with Crippen molar-refractivity contribution in [3.8, 4) is 5.75 Å². The number of anilines is 1. The molecule has 1 amide bonds. The third-order valence-electron chi connectivity index (χ3n) is 3.84. The van der Waals surface area contributed by atoms with E-state index in [2.05, 4.69) is 16.7 Å². The van der Waals surface area contributed by atoms with Crippen LogP contribution in [-0.2, 0) is 0 Å². The molecule has 134 valence electrons. The van der Waals surface area contributed by atoms with Crippen molar-refractivity contribution in [1.82, 2.24) is 0 Å². The van der Waals surface area contributed by atoms with Gasteiger partial charge in [0.2, 0.25) is 0 Å². The van der Waals surface area contributed by atoms with E-state index in [4.69, 9.17) is 4.74 Å².